The maximum absolute atomic E-state index is 13.2. The van der Waals surface area contributed by atoms with Gasteiger partial charge in [0.25, 0.3) is 0 Å². The quantitative estimate of drug-likeness (QED) is 0.300. The minimum Gasteiger partial charge on any atom is -0.426 e. The van der Waals surface area contributed by atoms with E-state index in [9.17, 15) is 18.0 Å². The molecule has 2 saturated carbocycles. The largest absolute Gasteiger partial charge is 0.426 e. The lowest BCUT2D eigenvalue weighted by Crippen LogP contribution is -2.27. The zero-order valence-electron chi connectivity index (χ0n) is 16.7. The van der Waals surface area contributed by atoms with Gasteiger partial charge < -0.3 is 4.74 Å². The maximum atomic E-state index is 13.2. The van der Waals surface area contributed by atoms with Crippen molar-refractivity contribution in [3.05, 3.63) is 29.6 Å². The standard InChI is InChI=1S/C23H31F3O2/c1-2-15-6-9-17(10-7-15)18-5-3-4-16(12-18)8-11-22(27)28-19-13-20(24)23(26)21(25)14-19/h13-18H,2-12H2,1H3/t15?,16?,17?,18-/m0/s1. The molecule has 2 fully saturated rings. The second kappa shape index (κ2) is 9.80. The summed E-state index contributed by atoms with van der Waals surface area (Å²) in [7, 11) is 0. The third-order valence-corrected chi connectivity index (χ3v) is 6.90. The van der Waals surface area contributed by atoms with Crippen LogP contribution >= 0.6 is 0 Å². The molecule has 2 nitrogen and oxygen atoms in total. The first kappa shape index (κ1) is 21.2. The number of carbonyl (C=O) groups is 1. The van der Waals surface area contributed by atoms with E-state index in [2.05, 4.69) is 6.92 Å². The molecule has 5 heteroatoms. The van der Waals surface area contributed by atoms with Gasteiger partial charge in [-0.25, -0.2) is 13.2 Å². The van der Waals surface area contributed by atoms with Gasteiger partial charge in [-0.1, -0.05) is 45.4 Å². The molecule has 2 atom stereocenters. The second-order valence-electron chi connectivity index (χ2n) is 8.70. The summed E-state index contributed by atoms with van der Waals surface area (Å²) in [6.45, 7) is 2.29. The van der Waals surface area contributed by atoms with Crippen LogP contribution in [-0.2, 0) is 4.79 Å². The molecule has 0 N–H and O–H groups in total. The first-order valence-corrected chi connectivity index (χ1v) is 10.8. The van der Waals surface area contributed by atoms with Crippen LogP contribution in [0.1, 0.15) is 77.6 Å². The third kappa shape index (κ3) is 5.51. The highest BCUT2D eigenvalue weighted by atomic mass is 19.2. The van der Waals surface area contributed by atoms with Crippen LogP contribution in [0.15, 0.2) is 12.1 Å². The number of hydrogen-bond acceptors (Lipinski definition) is 2. The van der Waals surface area contributed by atoms with Crippen LogP contribution in [0.2, 0.25) is 0 Å². The Hall–Kier alpha value is -1.52. The van der Waals surface area contributed by atoms with Gasteiger partial charge in [-0.15, -0.1) is 0 Å². The van der Waals surface area contributed by atoms with E-state index in [1.165, 1.54) is 51.4 Å². The molecule has 2 aliphatic carbocycles. The van der Waals surface area contributed by atoms with Gasteiger partial charge >= 0.3 is 5.97 Å². The average molecular weight is 396 g/mol. The van der Waals surface area contributed by atoms with Crippen molar-refractivity contribution in [1.82, 2.24) is 0 Å². The van der Waals surface area contributed by atoms with Crippen LogP contribution in [0.3, 0.4) is 0 Å². The number of esters is 1. The fourth-order valence-electron chi connectivity index (χ4n) is 5.19. The van der Waals surface area contributed by atoms with Gasteiger partial charge in [0.2, 0.25) is 0 Å². The Morgan fingerprint density at radius 1 is 0.964 bits per heavy atom. The molecule has 2 aliphatic rings. The maximum Gasteiger partial charge on any atom is 0.311 e. The molecule has 1 aromatic carbocycles. The molecule has 0 saturated heterocycles. The highest BCUT2D eigenvalue weighted by Crippen LogP contribution is 2.43. The molecule has 0 bridgehead atoms. The summed E-state index contributed by atoms with van der Waals surface area (Å²) in [5.74, 6) is -2.03. The van der Waals surface area contributed by atoms with E-state index in [4.69, 9.17) is 4.74 Å². The first-order chi connectivity index (χ1) is 13.5. The number of benzene rings is 1. The molecule has 0 aliphatic heterocycles. The molecule has 3 rings (SSSR count). The molecule has 0 heterocycles. The molecule has 0 radical (unpaired) electrons. The predicted octanol–water partition coefficient (Wildman–Crippen LogP) is 6.81. The van der Waals surface area contributed by atoms with Gasteiger partial charge in [0, 0.05) is 18.6 Å². The van der Waals surface area contributed by atoms with Gasteiger partial charge in [-0.3, -0.25) is 4.79 Å². The smallest absolute Gasteiger partial charge is 0.311 e. The van der Waals surface area contributed by atoms with E-state index in [0.29, 0.717) is 18.1 Å². The first-order valence-electron chi connectivity index (χ1n) is 10.8. The Balaban J connectivity index is 1.44. The summed E-state index contributed by atoms with van der Waals surface area (Å²) < 4.78 is 44.4. The molecular weight excluding hydrogens is 365 g/mol. The zero-order valence-corrected chi connectivity index (χ0v) is 16.7. The summed E-state index contributed by atoms with van der Waals surface area (Å²) in [5, 5.41) is 0. The van der Waals surface area contributed by atoms with Crippen LogP contribution in [0, 0.1) is 41.1 Å². The zero-order chi connectivity index (χ0) is 20.1. The van der Waals surface area contributed by atoms with Gasteiger partial charge in [0.1, 0.15) is 5.75 Å². The van der Waals surface area contributed by atoms with Crippen LogP contribution in [0.5, 0.6) is 5.75 Å². The van der Waals surface area contributed by atoms with Crippen molar-refractivity contribution in [1.29, 1.82) is 0 Å². The predicted molar refractivity (Wildman–Crippen MR) is 102 cm³/mol. The topological polar surface area (TPSA) is 26.3 Å². The molecule has 0 amide bonds. The Labute approximate surface area is 165 Å². The molecule has 28 heavy (non-hydrogen) atoms. The van der Waals surface area contributed by atoms with Crippen LogP contribution in [-0.4, -0.2) is 5.97 Å². The number of halogens is 3. The minimum atomic E-state index is -1.55. The molecule has 0 aromatic heterocycles. The Morgan fingerprint density at radius 3 is 2.29 bits per heavy atom. The van der Waals surface area contributed by atoms with Crippen LogP contribution in [0.25, 0.3) is 0 Å². The monoisotopic (exact) mass is 396 g/mol. The summed E-state index contributed by atoms with van der Waals surface area (Å²) in [4.78, 5) is 12.1. The van der Waals surface area contributed by atoms with E-state index in [1.54, 1.807) is 0 Å². The highest BCUT2D eigenvalue weighted by Gasteiger charge is 2.31. The van der Waals surface area contributed by atoms with E-state index >= 15 is 0 Å². The van der Waals surface area contributed by atoms with Crippen LogP contribution in [0.4, 0.5) is 13.2 Å². The van der Waals surface area contributed by atoms with Crippen molar-refractivity contribution >= 4 is 5.97 Å². The molecule has 0 spiro atoms. The molecule has 156 valence electrons. The number of hydrogen-bond donors (Lipinski definition) is 0. The summed E-state index contributed by atoms with van der Waals surface area (Å²) in [6.07, 6.45) is 12.5. The van der Waals surface area contributed by atoms with Crippen LogP contribution < -0.4 is 4.74 Å². The number of ether oxygens (including phenoxy) is 1. The summed E-state index contributed by atoms with van der Waals surface area (Å²) in [6, 6.07) is 1.42. The SMILES string of the molecule is CCC1CCC([C@H]2CCCC(CCC(=O)Oc3cc(F)c(F)c(F)c3)C2)CC1. The van der Waals surface area contributed by atoms with E-state index in [-0.39, 0.29) is 12.2 Å². The van der Waals surface area contributed by atoms with Crippen molar-refractivity contribution in [2.45, 2.75) is 77.6 Å². The fraction of sp³-hybridized carbons (Fsp3) is 0.696. The van der Waals surface area contributed by atoms with Crippen molar-refractivity contribution in [2.24, 2.45) is 23.7 Å². The fourth-order valence-corrected chi connectivity index (χ4v) is 5.19. The lowest BCUT2D eigenvalue weighted by Gasteiger charge is -2.38. The molecular formula is C23H31F3O2. The van der Waals surface area contributed by atoms with Crippen molar-refractivity contribution in [3.8, 4) is 5.75 Å². The Kier molecular flexibility index (Phi) is 7.42. The van der Waals surface area contributed by atoms with Gasteiger partial charge in [-0.2, -0.15) is 0 Å². The van der Waals surface area contributed by atoms with Crippen molar-refractivity contribution in [2.75, 3.05) is 0 Å². The molecule has 1 unspecified atom stereocenters. The normalized spacial score (nSPS) is 28.1. The van der Waals surface area contributed by atoms with Crippen molar-refractivity contribution in [3.63, 3.8) is 0 Å². The summed E-state index contributed by atoms with van der Waals surface area (Å²) >= 11 is 0. The molecule has 1 aromatic rings. The lowest BCUT2D eigenvalue weighted by atomic mass is 9.68. The number of carbonyl (C=O) groups excluding carboxylic acids is 1. The Bertz CT molecular complexity index is 645. The lowest BCUT2D eigenvalue weighted by molar-refractivity contribution is -0.134. The van der Waals surface area contributed by atoms with Gasteiger partial charge in [0.05, 0.1) is 0 Å². The van der Waals surface area contributed by atoms with Gasteiger partial charge in [-0.05, 0) is 49.4 Å². The highest BCUT2D eigenvalue weighted by molar-refractivity contribution is 5.72. The third-order valence-electron chi connectivity index (χ3n) is 6.90. The van der Waals surface area contributed by atoms with Crippen molar-refractivity contribution < 1.29 is 22.7 Å². The summed E-state index contributed by atoms with van der Waals surface area (Å²) in [5.41, 5.74) is 0. The number of rotatable bonds is 6. The van der Waals surface area contributed by atoms with Gasteiger partial charge in [0.15, 0.2) is 17.5 Å². The average Bonchev–Trinajstić information content (AvgIpc) is 2.71. The second-order valence-corrected chi connectivity index (χ2v) is 8.70. The van der Waals surface area contributed by atoms with E-state index in [0.717, 1.165) is 30.6 Å². The Morgan fingerprint density at radius 2 is 1.64 bits per heavy atom. The van der Waals surface area contributed by atoms with E-state index in [1.807, 2.05) is 0 Å². The minimum absolute atomic E-state index is 0.223. The van der Waals surface area contributed by atoms with E-state index < -0.39 is 23.4 Å².